The van der Waals surface area contributed by atoms with Gasteiger partial charge in [-0.25, -0.2) is 9.78 Å². The number of likely N-dealkylation sites (tertiary alicyclic amines) is 1. The number of pyridine rings is 1. The van der Waals surface area contributed by atoms with E-state index in [1.165, 1.54) is 0 Å². The van der Waals surface area contributed by atoms with Gasteiger partial charge < -0.3 is 24.8 Å². The fourth-order valence-electron chi connectivity index (χ4n) is 6.43. The molecule has 0 saturated carbocycles. The summed E-state index contributed by atoms with van der Waals surface area (Å²) in [4.78, 5) is 33.9. The van der Waals surface area contributed by atoms with Crippen molar-refractivity contribution in [1.82, 2.24) is 19.0 Å². The van der Waals surface area contributed by atoms with E-state index in [1.807, 2.05) is 42.5 Å². The number of methoxy groups -OCH3 is 1. The van der Waals surface area contributed by atoms with E-state index < -0.39 is 5.41 Å². The molecule has 11 nitrogen and oxygen atoms in total. The van der Waals surface area contributed by atoms with E-state index in [4.69, 9.17) is 19.9 Å². The first kappa shape index (κ1) is 30.1. The molecule has 2 fully saturated rings. The summed E-state index contributed by atoms with van der Waals surface area (Å²) in [6.07, 6.45) is 6.07. The second-order valence-corrected chi connectivity index (χ2v) is 11.6. The van der Waals surface area contributed by atoms with E-state index in [1.54, 1.807) is 51.6 Å². The number of amides is 1. The Morgan fingerprint density at radius 1 is 1.13 bits per heavy atom. The van der Waals surface area contributed by atoms with Gasteiger partial charge in [0.05, 0.1) is 23.9 Å². The maximum absolute atomic E-state index is 14.2. The van der Waals surface area contributed by atoms with Crippen LogP contribution < -0.4 is 16.2 Å². The zero-order valence-electron chi connectivity index (χ0n) is 25.2. The average molecular weight is 609 g/mol. The molecule has 4 heterocycles. The number of aromatic nitrogens is 3. The summed E-state index contributed by atoms with van der Waals surface area (Å²) in [6.45, 7) is 2.28. The zero-order chi connectivity index (χ0) is 31.4. The van der Waals surface area contributed by atoms with Crippen molar-refractivity contribution in [2.75, 3.05) is 45.8 Å². The lowest BCUT2D eigenvalue weighted by atomic mass is 9.79. The van der Waals surface area contributed by atoms with Crippen LogP contribution in [-0.4, -0.2) is 64.9 Å². The van der Waals surface area contributed by atoms with Crippen LogP contribution in [0.4, 0.5) is 5.82 Å². The Kier molecular flexibility index (Phi) is 8.69. The topological polar surface area (TPSA) is 138 Å². The third kappa shape index (κ3) is 6.07. The quantitative estimate of drug-likeness (QED) is 0.226. The molecule has 2 aromatic carbocycles. The number of fused-ring (bicyclic) bond motifs is 1. The van der Waals surface area contributed by atoms with Gasteiger partial charge in [0, 0.05) is 45.0 Å². The van der Waals surface area contributed by atoms with Crippen LogP contribution in [0.5, 0.6) is 11.5 Å². The second-order valence-electron chi connectivity index (χ2n) is 11.6. The lowest BCUT2D eigenvalue weighted by molar-refractivity contribution is -0.128. The lowest BCUT2D eigenvalue weighted by Gasteiger charge is -2.35. The second kappa shape index (κ2) is 13.0. The molecule has 0 unspecified atom stereocenters. The van der Waals surface area contributed by atoms with Crippen LogP contribution in [0.1, 0.15) is 31.7 Å². The molecule has 1 amide bonds. The molecular formula is C34H36N6O5. The van der Waals surface area contributed by atoms with Gasteiger partial charge in [-0.1, -0.05) is 24.3 Å². The Balaban J connectivity index is 1.31. The number of hydrogen-bond acceptors (Lipinski definition) is 8. The largest absolute Gasteiger partial charge is 0.457 e. The third-order valence-electron chi connectivity index (χ3n) is 8.66. The zero-order valence-corrected chi connectivity index (χ0v) is 25.2. The number of rotatable bonds is 8. The summed E-state index contributed by atoms with van der Waals surface area (Å²) in [5.41, 5.74) is 7.49. The van der Waals surface area contributed by atoms with Crippen molar-refractivity contribution in [1.29, 1.82) is 5.26 Å². The Morgan fingerprint density at radius 3 is 2.58 bits per heavy atom. The number of anilines is 1. The number of piperidine rings is 1. The molecule has 11 heteroatoms. The Bertz CT molecular complexity index is 1790. The summed E-state index contributed by atoms with van der Waals surface area (Å²) in [5, 5.41) is 10.0. The highest BCUT2D eigenvalue weighted by Crippen LogP contribution is 2.35. The van der Waals surface area contributed by atoms with E-state index in [2.05, 4.69) is 11.1 Å². The van der Waals surface area contributed by atoms with Crippen molar-refractivity contribution in [2.45, 2.75) is 31.7 Å². The summed E-state index contributed by atoms with van der Waals surface area (Å²) in [5.74, 6) is 1.23. The predicted octanol–water partition coefficient (Wildman–Crippen LogP) is 4.62. The molecule has 0 bridgehead atoms. The maximum Gasteiger partial charge on any atom is 0.334 e. The molecule has 0 spiro atoms. The number of nitrogen functional groups attached to an aromatic ring is 1. The van der Waals surface area contributed by atoms with E-state index in [9.17, 15) is 14.9 Å². The number of benzene rings is 2. The first-order valence-electron chi connectivity index (χ1n) is 15.1. The van der Waals surface area contributed by atoms with Crippen molar-refractivity contribution >= 4 is 22.8 Å². The van der Waals surface area contributed by atoms with Crippen LogP contribution in [-0.2, 0) is 14.3 Å². The number of ether oxygens (including phenoxy) is 3. The van der Waals surface area contributed by atoms with Gasteiger partial charge in [0.15, 0.2) is 0 Å². The fourth-order valence-corrected chi connectivity index (χ4v) is 6.43. The van der Waals surface area contributed by atoms with Crippen LogP contribution in [0.2, 0.25) is 0 Å². The lowest BCUT2D eigenvalue weighted by Crippen LogP contribution is -2.43. The number of nitrogens with zero attached hydrogens (tertiary/aromatic N) is 5. The van der Waals surface area contributed by atoms with E-state index in [-0.39, 0.29) is 35.6 Å². The molecule has 4 aromatic rings. The molecule has 2 aliphatic rings. The van der Waals surface area contributed by atoms with E-state index >= 15 is 0 Å². The highest BCUT2D eigenvalue weighted by atomic mass is 16.5. The minimum atomic E-state index is -0.431. The van der Waals surface area contributed by atoms with Gasteiger partial charge in [0.25, 0.3) is 5.91 Å². The van der Waals surface area contributed by atoms with Crippen molar-refractivity contribution in [3.8, 4) is 23.3 Å². The normalized spacial score (nSPS) is 18.4. The first-order chi connectivity index (χ1) is 21.9. The van der Waals surface area contributed by atoms with Crippen molar-refractivity contribution in [2.24, 2.45) is 5.41 Å². The van der Waals surface area contributed by atoms with Gasteiger partial charge >= 0.3 is 5.69 Å². The highest BCUT2D eigenvalue weighted by Gasteiger charge is 2.35. The molecule has 232 valence electrons. The van der Waals surface area contributed by atoms with Crippen LogP contribution in [0.25, 0.3) is 16.7 Å². The van der Waals surface area contributed by atoms with Gasteiger partial charge in [-0.15, -0.1) is 0 Å². The number of para-hydroxylation sites is 1. The number of nitriles is 1. The van der Waals surface area contributed by atoms with Gasteiger partial charge in [-0.3, -0.25) is 13.9 Å². The van der Waals surface area contributed by atoms with Crippen molar-refractivity contribution < 1.29 is 19.0 Å². The maximum atomic E-state index is 14.2. The molecule has 0 aliphatic carbocycles. The van der Waals surface area contributed by atoms with E-state index in [0.29, 0.717) is 80.3 Å². The standard InChI is InChI=1S/C34H36N6O5/c1-43-23-34(14-18-44-19-15-34)20-24(21-35)32(41)38-17-5-6-26(22-38)39-29-13-16-37-31(36)30(29)40(33(39)42)25-9-11-28(12-10-25)45-27-7-3-2-4-8-27/h2-4,7-13,16,20,26H,5-6,14-15,17-19,22-23H2,1H3,(H2,36,37)/b24-20+/t26-/m1/s1. The van der Waals surface area contributed by atoms with Gasteiger partial charge in [0.1, 0.15) is 34.5 Å². The molecule has 2 N–H and O–H groups in total. The summed E-state index contributed by atoms with van der Waals surface area (Å²) in [7, 11) is 1.62. The summed E-state index contributed by atoms with van der Waals surface area (Å²) >= 11 is 0. The molecule has 1 atom stereocenters. The van der Waals surface area contributed by atoms with Crippen LogP contribution >= 0.6 is 0 Å². The summed E-state index contributed by atoms with van der Waals surface area (Å²) in [6, 6.07) is 20.3. The van der Waals surface area contributed by atoms with Crippen molar-refractivity contribution in [3.05, 3.63) is 89.0 Å². The molecule has 2 aromatic heterocycles. The molecule has 2 saturated heterocycles. The van der Waals surface area contributed by atoms with Crippen LogP contribution in [0, 0.1) is 16.7 Å². The van der Waals surface area contributed by atoms with Crippen LogP contribution in [0.15, 0.2) is 83.3 Å². The Morgan fingerprint density at radius 2 is 1.87 bits per heavy atom. The monoisotopic (exact) mass is 608 g/mol. The molecule has 0 radical (unpaired) electrons. The fraction of sp³-hybridized carbons (Fsp3) is 0.353. The predicted molar refractivity (Wildman–Crippen MR) is 169 cm³/mol. The Labute approximate surface area is 261 Å². The van der Waals surface area contributed by atoms with Gasteiger partial charge in [-0.2, -0.15) is 5.26 Å². The highest BCUT2D eigenvalue weighted by molar-refractivity contribution is 5.97. The Hall–Kier alpha value is -4.92. The number of carbonyl (C=O) groups is 1. The molecule has 45 heavy (non-hydrogen) atoms. The smallest absolute Gasteiger partial charge is 0.334 e. The van der Waals surface area contributed by atoms with Crippen LogP contribution in [0.3, 0.4) is 0 Å². The minimum Gasteiger partial charge on any atom is -0.457 e. The number of imidazole rings is 1. The number of hydrogen-bond donors (Lipinski definition) is 1. The summed E-state index contributed by atoms with van der Waals surface area (Å²) < 4.78 is 20.2. The molecular weight excluding hydrogens is 572 g/mol. The molecule has 2 aliphatic heterocycles. The molecule has 6 rings (SSSR count). The average Bonchev–Trinajstić information content (AvgIpc) is 3.37. The van der Waals surface area contributed by atoms with Gasteiger partial charge in [-0.05, 0) is 68.1 Å². The minimum absolute atomic E-state index is 0.0932. The van der Waals surface area contributed by atoms with Crippen molar-refractivity contribution in [3.63, 3.8) is 0 Å². The first-order valence-corrected chi connectivity index (χ1v) is 15.1. The van der Waals surface area contributed by atoms with Gasteiger partial charge in [0.2, 0.25) is 0 Å². The van der Waals surface area contributed by atoms with E-state index in [0.717, 1.165) is 0 Å². The third-order valence-corrected chi connectivity index (χ3v) is 8.66. The number of nitrogens with two attached hydrogens (primary N) is 1. The number of carbonyl (C=O) groups excluding carboxylic acids is 1. The SMILES string of the molecule is COCC1(/C=C(\C#N)C(=O)N2CCC[C@@H](n3c(=O)n(-c4ccc(Oc5ccccc5)cc4)c4c(N)nccc43)C2)CCOCC1.